The van der Waals surface area contributed by atoms with E-state index in [-0.39, 0.29) is 10.7 Å². The summed E-state index contributed by atoms with van der Waals surface area (Å²) in [6, 6.07) is 7.45. The van der Waals surface area contributed by atoms with E-state index in [1.54, 1.807) is 0 Å². The number of benzene rings is 1. The highest BCUT2D eigenvalue weighted by molar-refractivity contribution is 9.10. The number of carbonyl (C=O) groups excluding carboxylic acids is 1. The maximum Gasteiger partial charge on any atom is 0.262 e. The van der Waals surface area contributed by atoms with Gasteiger partial charge in [0.1, 0.15) is 5.52 Å². The van der Waals surface area contributed by atoms with Gasteiger partial charge in [0.2, 0.25) is 0 Å². The molecular weight excluding hydrogens is 282 g/mol. The van der Waals surface area contributed by atoms with Crippen LogP contribution < -0.4 is 0 Å². The Hall–Kier alpha value is -1.23. The molecule has 0 bridgehead atoms. The second-order valence-corrected chi connectivity index (χ2v) is 5.53. The van der Waals surface area contributed by atoms with Crippen molar-refractivity contribution in [1.82, 2.24) is 15.0 Å². The van der Waals surface area contributed by atoms with Gasteiger partial charge in [-0.2, -0.15) is 4.68 Å². The Morgan fingerprint density at radius 2 is 2.12 bits per heavy atom. The normalized spacial score (nSPS) is 13.2. The minimum Gasteiger partial charge on any atom is -0.271 e. The summed E-state index contributed by atoms with van der Waals surface area (Å²) in [6.07, 6.45) is 0.785. The third kappa shape index (κ3) is 2.54. The number of halogens is 1. The van der Waals surface area contributed by atoms with Gasteiger partial charge in [0.15, 0.2) is 0 Å². The van der Waals surface area contributed by atoms with Crippen LogP contribution in [0.1, 0.15) is 25.1 Å². The summed E-state index contributed by atoms with van der Waals surface area (Å²) in [5.41, 5.74) is 1.50. The van der Waals surface area contributed by atoms with Crippen LogP contribution in [0.25, 0.3) is 11.0 Å². The second kappa shape index (κ2) is 4.96. The summed E-state index contributed by atoms with van der Waals surface area (Å²) >= 11 is 3.41. The van der Waals surface area contributed by atoms with Crippen LogP contribution in [0.3, 0.4) is 0 Å². The molecule has 90 valence electrons. The lowest BCUT2D eigenvalue weighted by atomic mass is 10.1. The van der Waals surface area contributed by atoms with Crippen molar-refractivity contribution in [3.63, 3.8) is 0 Å². The number of fused-ring (bicyclic) bond motifs is 1. The maximum absolute atomic E-state index is 12.2. The molecule has 1 aromatic heterocycles. The molecule has 0 fully saturated rings. The van der Waals surface area contributed by atoms with Crippen molar-refractivity contribution < 1.29 is 4.79 Å². The molecule has 17 heavy (non-hydrogen) atoms. The van der Waals surface area contributed by atoms with E-state index in [0.717, 1.165) is 17.5 Å². The topological polar surface area (TPSA) is 47.8 Å². The quantitative estimate of drug-likeness (QED) is 0.818. The van der Waals surface area contributed by atoms with E-state index in [9.17, 15) is 4.79 Å². The van der Waals surface area contributed by atoms with Crippen molar-refractivity contribution in [3.05, 3.63) is 24.3 Å². The first kappa shape index (κ1) is 12.2. The van der Waals surface area contributed by atoms with E-state index in [1.807, 2.05) is 24.3 Å². The standard InChI is InChI=1S/C12H14BrN3O/c1-8(2)7-9(13)12(17)16-11-6-4-3-5-10(11)14-15-16/h3-6,8-9H,7H2,1-2H3. The minimum atomic E-state index is -0.215. The smallest absolute Gasteiger partial charge is 0.262 e. The first-order valence-electron chi connectivity index (χ1n) is 5.58. The van der Waals surface area contributed by atoms with E-state index < -0.39 is 0 Å². The summed E-state index contributed by atoms with van der Waals surface area (Å²) in [7, 11) is 0. The van der Waals surface area contributed by atoms with Gasteiger partial charge >= 0.3 is 0 Å². The Morgan fingerprint density at radius 3 is 2.82 bits per heavy atom. The molecule has 0 aliphatic carbocycles. The van der Waals surface area contributed by atoms with E-state index in [1.165, 1.54) is 4.68 Å². The van der Waals surface area contributed by atoms with Crippen LogP contribution in [0.4, 0.5) is 0 Å². The molecule has 1 aromatic carbocycles. The van der Waals surface area contributed by atoms with E-state index in [4.69, 9.17) is 0 Å². The molecule has 1 unspecified atom stereocenters. The zero-order valence-electron chi connectivity index (χ0n) is 9.80. The first-order chi connectivity index (χ1) is 8.09. The fraction of sp³-hybridized carbons (Fsp3) is 0.417. The summed E-state index contributed by atoms with van der Waals surface area (Å²) in [4.78, 5) is 12.0. The van der Waals surface area contributed by atoms with Crippen LogP contribution >= 0.6 is 15.9 Å². The van der Waals surface area contributed by atoms with Crippen LogP contribution in [0.5, 0.6) is 0 Å². The minimum absolute atomic E-state index is 0.0626. The van der Waals surface area contributed by atoms with Crippen LogP contribution in [-0.2, 0) is 0 Å². The van der Waals surface area contributed by atoms with E-state index in [0.29, 0.717) is 5.92 Å². The van der Waals surface area contributed by atoms with Gasteiger partial charge < -0.3 is 0 Å². The Labute approximate surface area is 108 Å². The summed E-state index contributed by atoms with van der Waals surface area (Å²) in [6.45, 7) is 4.17. The molecule has 0 spiro atoms. The highest BCUT2D eigenvalue weighted by Crippen LogP contribution is 2.17. The summed E-state index contributed by atoms with van der Waals surface area (Å²) in [5.74, 6) is 0.394. The van der Waals surface area contributed by atoms with Crippen molar-refractivity contribution in [2.75, 3.05) is 0 Å². The highest BCUT2D eigenvalue weighted by Gasteiger charge is 2.20. The number of alkyl halides is 1. The summed E-state index contributed by atoms with van der Waals surface area (Å²) in [5, 5.41) is 7.88. The molecule has 5 heteroatoms. The molecule has 0 amide bonds. The summed E-state index contributed by atoms with van der Waals surface area (Å²) < 4.78 is 1.37. The zero-order chi connectivity index (χ0) is 12.4. The third-order valence-electron chi connectivity index (χ3n) is 2.51. The number of nitrogens with zero attached hydrogens (tertiary/aromatic N) is 3. The fourth-order valence-electron chi connectivity index (χ4n) is 1.68. The number of carbonyl (C=O) groups is 1. The average Bonchev–Trinajstić information content (AvgIpc) is 2.70. The van der Waals surface area contributed by atoms with Crippen LogP contribution in [-0.4, -0.2) is 25.7 Å². The SMILES string of the molecule is CC(C)CC(Br)C(=O)n1nnc2ccccc21. The number of hydrogen-bond donors (Lipinski definition) is 0. The van der Waals surface area contributed by atoms with Gasteiger partial charge in [-0.3, -0.25) is 4.79 Å². The van der Waals surface area contributed by atoms with Crippen molar-refractivity contribution in [2.45, 2.75) is 25.1 Å². The van der Waals surface area contributed by atoms with Gasteiger partial charge in [0.05, 0.1) is 10.3 Å². The maximum atomic E-state index is 12.2. The van der Waals surface area contributed by atoms with Crippen molar-refractivity contribution >= 4 is 32.9 Å². The third-order valence-corrected chi connectivity index (χ3v) is 3.27. The van der Waals surface area contributed by atoms with Gasteiger partial charge in [0, 0.05) is 0 Å². The molecule has 1 atom stereocenters. The number of aromatic nitrogens is 3. The van der Waals surface area contributed by atoms with E-state index in [2.05, 4.69) is 40.1 Å². The molecule has 1 heterocycles. The van der Waals surface area contributed by atoms with Crippen LogP contribution in [0.2, 0.25) is 0 Å². The number of rotatable bonds is 3. The Bertz CT molecular complexity index is 535. The van der Waals surface area contributed by atoms with Crippen LogP contribution in [0, 0.1) is 5.92 Å². The molecule has 2 aromatic rings. The predicted molar refractivity (Wildman–Crippen MR) is 70.3 cm³/mol. The molecule has 0 saturated carbocycles. The highest BCUT2D eigenvalue weighted by atomic mass is 79.9. The monoisotopic (exact) mass is 295 g/mol. The van der Waals surface area contributed by atoms with Gasteiger partial charge in [-0.15, -0.1) is 5.10 Å². The van der Waals surface area contributed by atoms with Gasteiger partial charge in [0.25, 0.3) is 5.91 Å². The molecular formula is C12H14BrN3O. The number of hydrogen-bond acceptors (Lipinski definition) is 3. The largest absolute Gasteiger partial charge is 0.271 e. The number of para-hydroxylation sites is 1. The molecule has 0 radical (unpaired) electrons. The molecule has 0 N–H and O–H groups in total. The Kier molecular flexibility index (Phi) is 3.57. The van der Waals surface area contributed by atoms with E-state index >= 15 is 0 Å². The van der Waals surface area contributed by atoms with Gasteiger partial charge in [-0.05, 0) is 24.5 Å². The Balaban J connectivity index is 2.30. The van der Waals surface area contributed by atoms with Crippen molar-refractivity contribution in [1.29, 1.82) is 0 Å². The lowest BCUT2D eigenvalue weighted by molar-refractivity contribution is 0.0892. The van der Waals surface area contributed by atoms with Gasteiger partial charge in [-0.1, -0.05) is 47.1 Å². The van der Waals surface area contributed by atoms with Crippen molar-refractivity contribution in [2.24, 2.45) is 5.92 Å². The lowest BCUT2D eigenvalue weighted by Crippen LogP contribution is -2.24. The molecule has 2 rings (SSSR count). The second-order valence-electron chi connectivity index (χ2n) is 4.43. The molecule has 0 aliphatic heterocycles. The lowest BCUT2D eigenvalue weighted by Gasteiger charge is -2.10. The first-order valence-corrected chi connectivity index (χ1v) is 6.50. The molecule has 0 saturated heterocycles. The fourth-order valence-corrected chi connectivity index (χ4v) is 2.62. The molecule has 0 aliphatic rings. The van der Waals surface area contributed by atoms with Gasteiger partial charge in [-0.25, -0.2) is 0 Å². The Morgan fingerprint density at radius 1 is 1.41 bits per heavy atom. The zero-order valence-corrected chi connectivity index (χ0v) is 11.4. The van der Waals surface area contributed by atoms with Crippen LogP contribution in [0.15, 0.2) is 24.3 Å². The predicted octanol–water partition coefficient (Wildman–Crippen LogP) is 2.88. The van der Waals surface area contributed by atoms with Crippen molar-refractivity contribution in [3.8, 4) is 0 Å². The molecule has 4 nitrogen and oxygen atoms in total. The average molecular weight is 296 g/mol.